The molecule has 0 aliphatic heterocycles. The topological polar surface area (TPSA) is 22.1 Å². The lowest BCUT2D eigenvalue weighted by Crippen LogP contribution is -2.20. The van der Waals surface area contributed by atoms with Crippen LogP contribution in [-0.4, -0.2) is 11.6 Å². The summed E-state index contributed by atoms with van der Waals surface area (Å²) in [5.74, 6) is 2.69. The van der Waals surface area contributed by atoms with Gasteiger partial charge >= 0.3 is 0 Å². The number of pyridine rings is 1. The predicted molar refractivity (Wildman–Crippen MR) is 128 cm³/mol. The summed E-state index contributed by atoms with van der Waals surface area (Å²) in [5.41, 5.74) is 3.53. The van der Waals surface area contributed by atoms with Gasteiger partial charge in [-0.05, 0) is 73.4 Å². The zero-order chi connectivity index (χ0) is 21.0. The molecular formula is C28H41NO. The van der Waals surface area contributed by atoms with Crippen LogP contribution >= 0.6 is 0 Å². The highest BCUT2D eigenvalue weighted by Crippen LogP contribution is 2.32. The van der Waals surface area contributed by atoms with Gasteiger partial charge in [-0.3, -0.25) is 4.98 Å². The third kappa shape index (κ3) is 7.45. The highest BCUT2D eigenvalue weighted by Gasteiger charge is 2.21. The average molecular weight is 408 g/mol. The number of aromatic nitrogens is 1. The van der Waals surface area contributed by atoms with Crippen LogP contribution in [0.15, 0.2) is 42.6 Å². The zero-order valence-corrected chi connectivity index (χ0v) is 19.2. The van der Waals surface area contributed by atoms with Crippen molar-refractivity contribution in [3.05, 3.63) is 48.2 Å². The minimum atomic E-state index is 0.730. The summed E-state index contributed by atoms with van der Waals surface area (Å²) >= 11 is 0. The van der Waals surface area contributed by atoms with Gasteiger partial charge in [-0.15, -0.1) is 0 Å². The van der Waals surface area contributed by atoms with Gasteiger partial charge in [0.25, 0.3) is 0 Å². The zero-order valence-electron chi connectivity index (χ0n) is 19.2. The van der Waals surface area contributed by atoms with Crippen molar-refractivity contribution in [2.45, 2.75) is 90.9 Å². The van der Waals surface area contributed by atoms with Crippen LogP contribution in [0, 0.1) is 11.8 Å². The Morgan fingerprint density at radius 2 is 1.53 bits per heavy atom. The van der Waals surface area contributed by atoms with Crippen molar-refractivity contribution in [1.82, 2.24) is 4.98 Å². The molecule has 0 amide bonds. The Hall–Kier alpha value is -1.83. The lowest BCUT2D eigenvalue weighted by atomic mass is 9.80. The number of hydrogen-bond acceptors (Lipinski definition) is 2. The van der Waals surface area contributed by atoms with Crippen molar-refractivity contribution < 1.29 is 4.74 Å². The first-order chi connectivity index (χ1) is 14.8. The van der Waals surface area contributed by atoms with Gasteiger partial charge in [0, 0.05) is 11.8 Å². The monoisotopic (exact) mass is 407 g/mol. The number of benzene rings is 1. The van der Waals surface area contributed by atoms with Gasteiger partial charge in [0.05, 0.1) is 12.3 Å². The van der Waals surface area contributed by atoms with Crippen LogP contribution in [-0.2, 0) is 6.42 Å². The van der Waals surface area contributed by atoms with Gasteiger partial charge in [0.2, 0.25) is 0 Å². The van der Waals surface area contributed by atoms with Crippen molar-refractivity contribution in [2.75, 3.05) is 6.61 Å². The van der Waals surface area contributed by atoms with E-state index in [0.717, 1.165) is 41.9 Å². The van der Waals surface area contributed by atoms with E-state index in [2.05, 4.69) is 55.2 Å². The minimum absolute atomic E-state index is 0.730. The molecular weight excluding hydrogens is 366 g/mol. The van der Waals surface area contributed by atoms with Gasteiger partial charge in [-0.1, -0.05) is 71.3 Å². The first-order valence-electron chi connectivity index (χ1n) is 12.5. The Labute approximate surface area is 184 Å². The van der Waals surface area contributed by atoms with Crippen molar-refractivity contribution in [2.24, 2.45) is 11.8 Å². The molecule has 0 unspecified atom stereocenters. The van der Waals surface area contributed by atoms with Gasteiger partial charge in [0.15, 0.2) is 0 Å². The molecule has 1 aromatic carbocycles. The van der Waals surface area contributed by atoms with Crippen LogP contribution in [0.2, 0.25) is 0 Å². The number of rotatable bonds is 12. The third-order valence-corrected chi connectivity index (χ3v) is 6.71. The first-order valence-corrected chi connectivity index (χ1v) is 12.5. The quantitative estimate of drug-likeness (QED) is 0.330. The van der Waals surface area contributed by atoms with Crippen LogP contribution in [0.5, 0.6) is 5.75 Å². The summed E-state index contributed by atoms with van der Waals surface area (Å²) < 4.78 is 6.13. The maximum absolute atomic E-state index is 6.13. The lowest BCUT2D eigenvalue weighted by Gasteiger charge is -2.28. The van der Waals surface area contributed by atoms with Crippen molar-refractivity contribution >= 4 is 0 Å². The Kier molecular flexibility index (Phi) is 9.73. The van der Waals surface area contributed by atoms with Gasteiger partial charge < -0.3 is 4.74 Å². The van der Waals surface area contributed by atoms with E-state index >= 15 is 0 Å². The van der Waals surface area contributed by atoms with E-state index in [4.69, 9.17) is 4.74 Å². The molecule has 0 saturated heterocycles. The van der Waals surface area contributed by atoms with E-state index in [1.54, 1.807) is 0 Å². The largest absolute Gasteiger partial charge is 0.493 e. The van der Waals surface area contributed by atoms with E-state index in [0.29, 0.717) is 0 Å². The highest BCUT2D eigenvalue weighted by molar-refractivity contribution is 5.60. The second kappa shape index (κ2) is 12.8. The molecule has 1 heterocycles. The number of aryl methyl sites for hydroxylation is 1. The average Bonchev–Trinajstić information content (AvgIpc) is 2.81. The second-order valence-electron chi connectivity index (χ2n) is 9.23. The summed E-state index contributed by atoms with van der Waals surface area (Å²) in [7, 11) is 0. The Morgan fingerprint density at radius 1 is 0.800 bits per heavy atom. The van der Waals surface area contributed by atoms with Gasteiger partial charge in [-0.2, -0.15) is 0 Å². The van der Waals surface area contributed by atoms with Crippen LogP contribution < -0.4 is 4.74 Å². The van der Waals surface area contributed by atoms with Crippen molar-refractivity contribution in [3.63, 3.8) is 0 Å². The fourth-order valence-corrected chi connectivity index (χ4v) is 4.61. The molecule has 1 aromatic heterocycles. The van der Waals surface area contributed by atoms with E-state index in [1.165, 1.54) is 76.2 Å². The maximum atomic E-state index is 6.13. The maximum Gasteiger partial charge on any atom is 0.119 e. The number of nitrogens with zero attached hydrogens (tertiary/aromatic N) is 1. The summed E-state index contributed by atoms with van der Waals surface area (Å²) in [5, 5.41) is 0. The third-order valence-electron chi connectivity index (χ3n) is 6.71. The Balaban J connectivity index is 1.39. The molecule has 0 spiro atoms. The van der Waals surface area contributed by atoms with E-state index in [9.17, 15) is 0 Å². The second-order valence-corrected chi connectivity index (χ2v) is 9.23. The molecule has 0 radical (unpaired) electrons. The van der Waals surface area contributed by atoms with E-state index < -0.39 is 0 Å². The molecule has 1 aliphatic carbocycles. The van der Waals surface area contributed by atoms with Crippen molar-refractivity contribution in [1.29, 1.82) is 0 Å². The van der Waals surface area contributed by atoms with Gasteiger partial charge in [0.1, 0.15) is 5.75 Å². The smallest absolute Gasteiger partial charge is 0.119 e. The van der Waals surface area contributed by atoms with E-state index in [-0.39, 0.29) is 0 Å². The summed E-state index contributed by atoms with van der Waals surface area (Å²) in [6, 6.07) is 12.8. The van der Waals surface area contributed by atoms with Gasteiger partial charge in [-0.25, -0.2) is 0 Å². The first kappa shape index (κ1) is 22.8. The normalized spacial score (nSPS) is 19.0. The summed E-state index contributed by atoms with van der Waals surface area (Å²) in [6.07, 6.45) is 18.1. The number of unbranched alkanes of at least 4 members (excludes halogenated alkanes) is 4. The molecule has 1 saturated carbocycles. The lowest BCUT2D eigenvalue weighted by molar-refractivity contribution is 0.177. The number of hydrogen-bond donors (Lipinski definition) is 0. The fourth-order valence-electron chi connectivity index (χ4n) is 4.61. The van der Waals surface area contributed by atoms with Crippen molar-refractivity contribution in [3.8, 4) is 17.0 Å². The highest BCUT2D eigenvalue weighted by atomic mass is 16.5. The van der Waals surface area contributed by atoms with Crippen LogP contribution in [0.4, 0.5) is 0 Å². The molecule has 2 heteroatoms. The molecule has 2 nitrogen and oxygen atoms in total. The Bertz CT molecular complexity index is 698. The standard InChI is InChI=1S/C28H41NO/c1-3-5-7-8-10-23-11-13-25(14-12-23)22-30-27-18-16-26(17-19-27)28-20-15-24(21-29-28)9-6-4-2/h15-21,23,25H,3-14,22H2,1-2H3. The molecule has 3 rings (SSSR count). The molecule has 164 valence electrons. The summed E-state index contributed by atoms with van der Waals surface area (Å²) in [6.45, 7) is 5.39. The molecule has 0 bridgehead atoms. The SMILES string of the molecule is CCCCCCC1CCC(COc2ccc(-c3ccc(CCCC)cn3)cc2)CC1. The molecule has 0 atom stereocenters. The number of ether oxygens (including phenoxy) is 1. The van der Waals surface area contributed by atoms with Crippen LogP contribution in [0.25, 0.3) is 11.3 Å². The predicted octanol–water partition coefficient (Wildman–Crippen LogP) is 8.25. The fraction of sp³-hybridized carbons (Fsp3) is 0.607. The molecule has 1 aliphatic rings. The molecule has 30 heavy (non-hydrogen) atoms. The molecule has 2 aromatic rings. The van der Waals surface area contributed by atoms with Crippen LogP contribution in [0.3, 0.4) is 0 Å². The minimum Gasteiger partial charge on any atom is -0.493 e. The van der Waals surface area contributed by atoms with Crippen LogP contribution in [0.1, 0.15) is 90.0 Å². The summed E-state index contributed by atoms with van der Waals surface area (Å²) in [4.78, 5) is 4.65. The van der Waals surface area contributed by atoms with E-state index in [1.807, 2.05) is 6.20 Å². The molecule has 1 fully saturated rings. The Morgan fingerprint density at radius 3 is 2.20 bits per heavy atom. The molecule has 0 N–H and O–H groups in total.